The summed E-state index contributed by atoms with van der Waals surface area (Å²) in [6.07, 6.45) is 4.85. The largest absolute Gasteiger partial charge is 0.367 e. The maximum atomic E-state index is 13.8. The molecule has 3 heterocycles. The first-order valence-electron chi connectivity index (χ1n) is 13.2. The summed E-state index contributed by atoms with van der Waals surface area (Å²) in [5.41, 5.74) is 2.54. The van der Waals surface area contributed by atoms with Gasteiger partial charge in [0.1, 0.15) is 0 Å². The smallest absolute Gasteiger partial charge is 0.320 e. The van der Waals surface area contributed by atoms with Crippen LogP contribution in [0.4, 0.5) is 10.5 Å². The van der Waals surface area contributed by atoms with Crippen LogP contribution >= 0.6 is 0 Å². The molecule has 2 aliphatic heterocycles. The lowest BCUT2D eigenvalue weighted by molar-refractivity contribution is -0.129. The van der Waals surface area contributed by atoms with Gasteiger partial charge in [0.25, 0.3) is 0 Å². The molecule has 0 spiro atoms. The van der Waals surface area contributed by atoms with E-state index in [1.54, 1.807) is 6.20 Å². The van der Waals surface area contributed by atoms with Gasteiger partial charge in [-0.25, -0.2) is 4.79 Å². The summed E-state index contributed by atoms with van der Waals surface area (Å²) in [5.74, 6) is 0.0345. The number of hydrogen-bond acceptors (Lipinski definition) is 4. The molecule has 3 amide bonds. The molecule has 0 aliphatic carbocycles. The van der Waals surface area contributed by atoms with Crippen LogP contribution in [-0.2, 0) is 10.2 Å². The Balaban J connectivity index is 1.24. The fourth-order valence-electron chi connectivity index (χ4n) is 5.54. The molecule has 2 aromatic carbocycles. The van der Waals surface area contributed by atoms with E-state index in [-0.39, 0.29) is 18.0 Å². The standard InChI is InChI=1S/C30H35N5O2/c1-24(25-9-4-2-5-10-25)32-28(36)30(26-11-6-3-7-12-26)14-17-34(18-15-30)29(37)35-21-19-33(20-22-35)27-13-8-16-31-23-27/h2-13,16,23-24H,14-15,17-22H2,1H3,(H,32,36)/t24-/m0/s1. The first-order valence-corrected chi connectivity index (χ1v) is 13.2. The molecule has 7 heteroatoms. The molecule has 0 bridgehead atoms. The molecule has 0 radical (unpaired) electrons. The molecule has 1 N–H and O–H groups in total. The van der Waals surface area contributed by atoms with Crippen molar-refractivity contribution in [1.29, 1.82) is 0 Å². The summed E-state index contributed by atoms with van der Waals surface area (Å²) in [5, 5.41) is 3.27. The summed E-state index contributed by atoms with van der Waals surface area (Å²) < 4.78 is 0. The zero-order chi connectivity index (χ0) is 25.7. The number of piperidine rings is 1. The molecule has 37 heavy (non-hydrogen) atoms. The molecule has 3 aromatic rings. The molecule has 1 aromatic heterocycles. The lowest BCUT2D eigenvalue weighted by atomic mass is 9.71. The number of amides is 3. The maximum Gasteiger partial charge on any atom is 0.320 e. The number of hydrogen-bond donors (Lipinski definition) is 1. The Morgan fingerprint density at radius 3 is 2.05 bits per heavy atom. The minimum atomic E-state index is -0.653. The van der Waals surface area contributed by atoms with Crippen LogP contribution in [0.3, 0.4) is 0 Å². The Kier molecular flexibility index (Phi) is 7.40. The second-order valence-corrected chi connectivity index (χ2v) is 10.0. The molecule has 0 saturated carbocycles. The van der Waals surface area contributed by atoms with Crippen molar-refractivity contribution in [3.63, 3.8) is 0 Å². The number of anilines is 1. The van der Waals surface area contributed by atoms with Gasteiger partial charge in [0.2, 0.25) is 5.91 Å². The van der Waals surface area contributed by atoms with Gasteiger partial charge in [-0.1, -0.05) is 60.7 Å². The summed E-state index contributed by atoms with van der Waals surface area (Å²) >= 11 is 0. The van der Waals surface area contributed by atoms with Crippen LogP contribution in [-0.4, -0.2) is 66.0 Å². The van der Waals surface area contributed by atoms with Gasteiger partial charge < -0.3 is 20.0 Å². The quantitative estimate of drug-likeness (QED) is 0.573. The van der Waals surface area contributed by atoms with Crippen molar-refractivity contribution < 1.29 is 9.59 Å². The van der Waals surface area contributed by atoms with Gasteiger partial charge >= 0.3 is 6.03 Å². The first kappa shape index (κ1) is 24.8. The summed E-state index contributed by atoms with van der Waals surface area (Å²) in [7, 11) is 0. The Morgan fingerprint density at radius 1 is 0.811 bits per heavy atom. The van der Waals surface area contributed by atoms with Crippen LogP contribution < -0.4 is 10.2 Å². The zero-order valence-corrected chi connectivity index (χ0v) is 21.4. The molecule has 1 atom stereocenters. The van der Waals surface area contributed by atoms with Crippen LogP contribution in [0.1, 0.15) is 36.9 Å². The number of piperazine rings is 1. The highest BCUT2D eigenvalue weighted by Crippen LogP contribution is 2.37. The van der Waals surface area contributed by atoms with Crippen LogP contribution in [0, 0.1) is 0 Å². The number of urea groups is 1. The average molecular weight is 498 g/mol. The fraction of sp³-hybridized carbons (Fsp3) is 0.367. The normalized spacial score (nSPS) is 18.2. The number of rotatable bonds is 5. The number of likely N-dealkylation sites (tertiary alicyclic amines) is 1. The van der Waals surface area contributed by atoms with Gasteiger partial charge in [0.15, 0.2) is 0 Å². The third-order valence-corrected chi connectivity index (χ3v) is 7.86. The predicted molar refractivity (Wildman–Crippen MR) is 145 cm³/mol. The third-order valence-electron chi connectivity index (χ3n) is 7.86. The SMILES string of the molecule is C[C@H](NC(=O)C1(c2ccccc2)CCN(C(=O)N2CCN(c3cccnc3)CC2)CC1)c1ccccc1. The topological polar surface area (TPSA) is 68.8 Å². The molecule has 2 saturated heterocycles. The van der Waals surface area contributed by atoms with E-state index >= 15 is 0 Å². The Labute approximate surface area is 219 Å². The van der Waals surface area contributed by atoms with E-state index in [1.165, 1.54) is 0 Å². The monoisotopic (exact) mass is 497 g/mol. The molecule has 2 fully saturated rings. The second kappa shape index (κ2) is 11.0. The van der Waals surface area contributed by atoms with Crippen molar-refractivity contribution in [1.82, 2.24) is 20.1 Å². The molecule has 5 rings (SSSR count). The number of pyridine rings is 1. The summed E-state index contributed by atoms with van der Waals surface area (Å²) in [6.45, 7) is 6.09. The van der Waals surface area contributed by atoms with E-state index in [0.717, 1.165) is 29.9 Å². The number of aromatic nitrogens is 1. The maximum absolute atomic E-state index is 13.8. The van der Waals surface area contributed by atoms with E-state index in [2.05, 4.69) is 21.3 Å². The Bertz CT molecular complexity index is 1170. The molecule has 192 valence electrons. The van der Waals surface area contributed by atoms with Crippen LogP contribution in [0.5, 0.6) is 0 Å². The lowest BCUT2D eigenvalue weighted by Crippen LogP contribution is -2.57. The van der Waals surface area contributed by atoms with E-state index in [0.29, 0.717) is 39.0 Å². The van der Waals surface area contributed by atoms with Crippen molar-refractivity contribution in [3.05, 3.63) is 96.3 Å². The van der Waals surface area contributed by atoms with Crippen molar-refractivity contribution in [2.75, 3.05) is 44.2 Å². The minimum Gasteiger partial charge on any atom is -0.367 e. The van der Waals surface area contributed by atoms with Gasteiger partial charge in [0.05, 0.1) is 23.3 Å². The zero-order valence-electron chi connectivity index (χ0n) is 21.4. The molecule has 0 unspecified atom stereocenters. The van der Waals surface area contributed by atoms with E-state index < -0.39 is 5.41 Å². The van der Waals surface area contributed by atoms with Crippen LogP contribution in [0.25, 0.3) is 0 Å². The number of carbonyl (C=O) groups is 2. The Morgan fingerprint density at radius 2 is 1.43 bits per heavy atom. The number of nitrogens with zero attached hydrogens (tertiary/aromatic N) is 4. The molecular weight excluding hydrogens is 462 g/mol. The Hall–Kier alpha value is -3.87. The molecule has 7 nitrogen and oxygen atoms in total. The van der Waals surface area contributed by atoms with E-state index in [9.17, 15) is 9.59 Å². The molecular formula is C30H35N5O2. The van der Waals surface area contributed by atoms with Crippen LogP contribution in [0.2, 0.25) is 0 Å². The highest BCUT2D eigenvalue weighted by atomic mass is 16.2. The lowest BCUT2D eigenvalue weighted by Gasteiger charge is -2.44. The summed E-state index contributed by atoms with van der Waals surface area (Å²) in [6, 6.07) is 24.1. The van der Waals surface area contributed by atoms with Gasteiger partial charge in [0, 0.05) is 45.5 Å². The highest BCUT2D eigenvalue weighted by Gasteiger charge is 2.44. The molecule has 2 aliphatic rings. The third kappa shape index (κ3) is 5.31. The van der Waals surface area contributed by atoms with Crippen molar-refractivity contribution >= 4 is 17.6 Å². The van der Waals surface area contributed by atoms with E-state index in [4.69, 9.17) is 0 Å². The van der Waals surface area contributed by atoms with Gasteiger partial charge in [-0.05, 0) is 43.0 Å². The van der Waals surface area contributed by atoms with E-state index in [1.807, 2.05) is 89.7 Å². The number of benzene rings is 2. The average Bonchev–Trinajstić information content (AvgIpc) is 2.98. The summed E-state index contributed by atoms with van der Waals surface area (Å²) in [4.78, 5) is 37.6. The minimum absolute atomic E-state index is 0.0345. The van der Waals surface area contributed by atoms with Crippen LogP contribution in [0.15, 0.2) is 85.2 Å². The van der Waals surface area contributed by atoms with Gasteiger partial charge in [-0.3, -0.25) is 9.78 Å². The van der Waals surface area contributed by atoms with Gasteiger partial charge in [-0.2, -0.15) is 0 Å². The number of carbonyl (C=O) groups excluding carboxylic acids is 2. The highest BCUT2D eigenvalue weighted by molar-refractivity contribution is 5.89. The second-order valence-electron chi connectivity index (χ2n) is 10.0. The van der Waals surface area contributed by atoms with Crippen molar-refractivity contribution in [2.45, 2.75) is 31.2 Å². The fourth-order valence-corrected chi connectivity index (χ4v) is 5.54. The van der Waals surface area contributed by atoms with Crippen molar-refractivity contribution in [3.8, 4) is 0 Å². The predicted octanol–water partition coefficient (Wildman–Crippen LogP) is 4.23. The number of nitrogens with one attached hydrogen (secondary N) is 1. The first-order chi connectivity index (χ1) is 18.1. The van der Waals surface area contributed by atoms with Gasteiger partial charge in [-0.15, -0.1) is 0 Å². The van der Waals surface area contributed by atoms with Crippen molar-refractivity contribution in [2.24, 2.45) is 0 Å².